The van der Waals surface area contributed by atoms with Gasteiger partial charge in [-0.3, -0.25) is 4.79 Å². The number of benzene rings is 1. The zero-order valence-electron chi connectivity index (χ0n) is 10.1. The van der Waals surface area contributed by atoms with Crippen molar-refractivity contribution in [2.24, 2.45) is 0 Å². The van der Waals surface area contributed by atoms with Crippen LogP contribution in [0.5, 0.6) is 0 Å². The Morgan fingerprint density at radius 3 is 2.61 bits per heavy atom. The minimum absolute atomic E-state index is 0.113. The first-order chi connectivity index (χ1) is 8.49. The van der Waals surface area contributed by atoms with E-state index in [0.29, 0.717) is 16.9 Å². The summed E-state index contributed by atoms with van der Waals surface area (Å²) >= 11 is 4.94. The molecule has 2 rings (SSSR count). The number of thiophene rings is 1. The normalized spacial score (nSPS) is 10.4. The molecule has 0 bridgehead atoms. The van der Waals surface area contributed by atoms with Crippen molar-refractivity contribution in [1.82, 2.24) is 0 Å². The molecule has 1 amide bonds. The summed E-state index contributed by atoms with van der Waals surface area (Å²) in [6.45, 7) is 3.85. The fraction of sp³-hybridized carbons (Fsp3) is 0.154. The van der Waals surface area contributed by atoms with E-state index in [2.05, 4.69) is 21.2 Å². The molecule has 1 heterocycles. The van der Waals surface area contributed by atoms with Crippen LogP contribution >= 0.6 is 27.3 Å². The zero-order valence-corrected chi connectivity index (χ0v) is 12.5. The number of amides is 1. The van der Waals surface area contributed by atoms with Gasteiger partial charge in [0.25, 0.3) is 5.91 Å². The number of rotatable bonds is 2. The maximum Gasteiger partial charge on any atom is 0.256 e. The number of anilines is 2. The van der Waals surface area contributed by atoms with E-state index in [4.69, 9.17) is 5.73 Å². The summed E-state index contributed by atoms with van der Waals surface area (Å²) < 4.78 is 0.829. The SMILES string of the molecule is Cc1cc(Br)c(NC(=O)c2cscc2C)cc1N. The Morgan fingerprint density at radius 2 is 2.00 bits per heavy atom. The standard InChI is InChI=1S/C13H13BrN2OS/c1-7-3-10(14)12(4-11(7)15)16-13(17)9-6-18-5-8(9)2/h3-6H,15H2,1-2H3,(H,16,17). The van der Waals surface area contributed by atoms with Gasteiger partial charge in [0.05, 0.1) is 11.3 Å². The first-order valence-corrected chi connectivity index (χ1v) is 7.12. The summed E-state index contributed by atoms with van der Waals surface area (Å²) in [5.74, 6) is -0.113. The highest BCUT2D eigenvalue weighted by molar-refractivity contribution is 9.10. The first kappa shape index (κ1) is 13.1. The molecule has 0 aliphatic carbocycles. The van der Waals surface area contributed by atoms with Crippen molar-refractivity contribution in [3.05, 3.63) is 44.1 Å². The molecule has 1 aromatic carbocycles. The molecule has 2 aromatic rings. The van der Waals surface area contributed by atoms with Gasteiger partial charge in [0.1, 0.15) is 0 Å². The number of carbonyl (C=O) groups is 1. The highest BCUT2D eigenvalue weighted by Crippen LogP contribution is 2.28. The molecular formula is C13H13BrN2OS. The monoisotopic (exact) mass is 324 g/mol. The summed E-state index contributed by atoms with van der Waals surface area (Å²) in [6.07, 6.45) is 0. The third kappa shape index (κ3) is 2.57. The average molecular weight is 325 g/mol. The lowest BCUT2D eigenvalue weighted by Gasteiger charge is -2.10. The second-order valence-electron chi connectivity index (χ2n) is 4.11. The quantitative estimate of drug-likeness (QED) is 0.821. The fourth-order valence-electron chi connectivity index (χ4n) is 1.57. The molecule has 3 nitrogen and oxygen atoms in total. The van der Waals surface area contributed by atoms with Crippen LogP contribution in [0.25, 0.3) is 0 Å². The van der Waals surface area contributed by atoms with Crippen molar-refractivity contribution in [2.45, 2.75) is 13.8 Å². The van der Waals surface area contributed by atoms with E-state index in [9.17, 15) is 4.79 Å². The van der Waals surface area contributed by atoms with Gasteiger partial charge in [-0.05, 0) is 58.4 Å². The van der Waals surface area contributed by atoms with Gasteiger partial charge in [0.2, 0.25) is 0 Å². The molecule has 18 heavy (non-hydrogen) atoms. The Labute approximate surface area is 118 Å². The van der Waals surface area contributed by atoms with Crippen LogP contribution < -0.4 is 11.1 Å². The van der Waals surface area contributed by atoms with Crippen LogP contribution in [0.2, 0.25) is 0 Å². The lowest BCUT2D eigenvalue weighted by atomic mass is 10.1. The predicted octanol–water partition coefficient (Wildman–Crippen LogP) is 3.96. The summed E-state index contributed by atoms with van der Waals surface area (Å²) in [5.41, 5.74) is 9.85. The van der Waals surface area contributed by atoms with Gasteiger partial charge in [-0.2, -0.15) is 11.3 Å². The van der Waals surface area contributed by atoms with E-state index >= 15 is 0 Å². The van der Waals surface area contributed by atoms with Crippen molar-refractivity contribution in [3.63, 3.8) is 0 Å². The van der Waals surface area contributed by atoms with Crippen molar-refractivity contribution in [2.75, 3.05) is 11.1 Å². The average Bonchev–Trinajstić information content (AvgIpc) is 2.72. The number of nitrogens with one attached hydrogen (secondary N) is 1. The van der Waals surface area contributed by atoms with Gasteiger partial charge in [-0.15, -0.1) is 0 Å². The van der Waals surface area contributed by atoms with Gasteiger partial charge < -0.3 is 11.1 Å². The van der Waals surface area contributed by atoms with E-state index in [-0.39, 0.29) is 5.91 Å². The van der Waals surface area contributed by atoms with Gasteiger partial charge in [0, 0.05) is 15.5 Å². The Morgan fingerprint density at radius 1 is 1.28 bits per heavy atom. The lowest BCUT2D eigenvalue weighted by molar-refractivity contribution is 0.102. The molecule has 1 aromatic heterocycles. The third-order valence-electron chi connectivity index (χ3n) is 2.70. The smallest absolute Gasteiger partial charge is 0.256 e. The van der Waals surface area contributed by atoms with Crippen LogP contribution in [0.15, 0.2) is 27.4 Å². The Bertz CT molecular complexity index is 607. The summed E-state index contributed by atoms with van der Waals surface area (Å²) in [6, 6.07) is 3.66. The highest BCUT2D eigenvalue weighted by Gasteiger charge is 2.12. The number of hydrogen-bond acceptors (Lipinski definition) is 3. The minimum atomic E-state index is -0.113. The molecule has 0 radical (unpaired) electrons. The van der Waals surface area contributed by atoms with Crippen LogP contribution in [-0.2, 0) is 0 Å². The molecule has 5 heteroatoms. The number of aryl methyl sites for hydroxylation is 2. The maximum absolute atomic E-state index is 12.1. The number of halogens is 1. The van der Waals surface area contributed by atoms with Crippen LogP contribution in [0.1, 0.15) is 21.5 Å². The van der Waals surface area contributed by atoms with Gasteiger partial charge in [0.15, 0.2) is 0 Å². The number of carbonyl (C=O) groups excluding carboxylic acids is 1. The Kier molecular flexibility index (Phi) is 3.73. The molecular weight excluding hydrogens is 312 g/mol. The molecule has 0 saturated carbocycles. The second kappa shape index (κ2) is 5.12. The summed E-state index contributed by atoms with van der Waals surface area (Å²) in [4.78, 5) is 12.1. The van der Waals surface area contributed by atoms with Crippen LogP contribution in [-0.4, -0.2) is 5.91 Å². The molecule has 0 aliphatic heterocycles. The molecule has 0 unspecified atom stereocenters. The van der Waals surface area contributed by atoms with Crippen molar-refractivity contribution < 1.29 is 4.79 Å². The van der Waals surface area contributed by atoms with Crippen molar-refractivity contribution in [3.8, 4) is 0 Å². The van der Waals surface area contributed by atoms with E-state index in [1.807, 2.05) is 30.7 Å². The molecule has 0 spiro atoms. The van der Waals surface area contributed by atoms with Crippen molar-refractivity contribution in [1.29, 1.82) is 0 Å². The summed E-state index contributed by atoms with van der Waals surface area (Å²) in [7, 11) is 0. The van der Waals surface area contributed by atoms with E-state index in [1.165, 1.54) is 11.3 Å². The number of nitrogen functional groups attached to an aromatic ring is 1. The van der Waals surface area contributed by atoms with Crippen LogP contribution in [0.3, 0.4) is 0 Å². The van der Waals surface area contributed by atoms with Crippen LogP contribution in [0, 0.1) is 13.8 Å². The maximum atomic E-state index is 12.1. The van der Waals surface area contributed by atoms with E-state index in [1.54, 1.807) is 6.07 Å². The number of nitrogens with two attached hydrogens (primary N) is 1. The predicted molar refractivity (Wildman–Crippen MR) is 80.3 cm³/mol. The van der Waals surface area contributed by atoms with Crippen LogP contribution in [0.4, 0.5) is 11.4 Å². The van der Waals surface area contributed by atoms with Crippen molar-refractivity contribution >= 4 is 44.5 Å². The first-order valence-electron chi connectivity index (χ1n) is 5.39. The molecule has 0 fully saturated rings. The van der Waals surface area contributed by atoms with Gasteiger partial charge >= 0.3 is 0 Å². The second-order valence-corrected chi connectivity index (χ2v) is 5.71. The number of hydrogen-bond donors (Lipinski definition) is 2. The topological polar surface area (TPSA) is 55.1 Å². The highest BCUT2D eigenvalue weighted by atomic mass is 79.9. The lowest BCUT2D eigenvalue weighted by Crippen LogP contribution is -2.12. The largest absolute Gasteiger partial charge is 0.398 e. The minimum Gasteiger partial charge on any atom is -0.398 e. The molecule has 0 aliphatic rings. The fourth-order valence-corrected chi connectivity index (χ4v) is 2.95. The van der Waals surface area contributed by atoms with E-state index < -0.39 is 0 Å². The zero-order chi connectivity index (χ0) is 13.3. The van der Waals surface area contributed by atoms with Gasteiger partial charge in [-0.25, -0.2) is 0 Å². The molecule has 94 valence electrons. The van der Waals surface area contributed by atoms with Gasteiger partial charge in [-0.1, -0.05) is 0 Å². The molecule has 3 N–H and O–H groups in total. The third-order valence-corrected chi connectivity index (χ3v) is 4.22. The summed E-state index contributed by atoms with van der Waals surface area (Å²) in [5, 5.41) is 6.66. The Hall–Kier alpha value is -1.33. The molecule has 0 atom stereocenters. The van der Waals surface area contributed by atoms with E-state index in [0.717, 1.165) is 15.6 Å². The molecule has 0 saturated heterocycles. The Balaban J connectivity index is 2.28.